The van der Waals surface area contributed by atoms with Crippen LogP contribution < -0.4 is 10.2 Å². The summed E-state index contributed by atoms with van der Waals surface area (Å²) < 4.78 is 37.8. The van der Waals surface area contributed by atoms with Crippen LogP contribution in [0.25, 0.3) is 0 Å². The summed E-state index contributed by atoms with van der Waals surface area (Å²) in [4.78, 5) is 26.7. The van der Waals surface area contributed by atoms with E-state index in [0.29, 0.717) is 18.9 Å². The second kappa shape index (κ2) is 7.66. The molecule has 1 aliphatic heterocycles. The van der Waals surface area contributed by atoms with Crippen LogP contribution >= 0.6 is 0 Å². The summed E-state index contributed by atoms with van der Waals surface area (Å²) in [6, 6.07) is 11.8. The molecular weight excluding hydrogens is 369 g/mol. The monoisotopic (exact) mass is 390 g/mol. The molecule has 1 aliphatic rings. The standard InChI is InChI=1S/C21H21F3N2O2/c1-13(2)14-3-9-17(10-4-14)26-12-11-18(20(26)28)19(27)25-16-7-5-15(6-8-16)21(22,23)24/h3-10,13,18H,11-12H2,1-2H3,(H,25,27)/t18-/m0/s1. The van der Waals surface area contributed by atoms with E-state index < -0.39 is 23.6 Å². The Hall–Kier alpha value is -2.83. The van der Waals surface area contributed by atoms with E-state index in [1.54, 1.807) is 4.90 Å². The minimum atomic E-state index is -4.43. The highest BCUT2D eigenvalue weighted by Crippen LogP contribution is 2.31. The van der Waals surface area contributed by atoms with Gasteiger partial charge >= 0.3 is 6.18 Å². The number of benzene rings is 2. The summed E-state index contributed by atoms with van der Waals surface area (Å²) in [6.07, 6.45) is -4.08. The number of nitrogens with one attached hydrogen (secondary N) is 1. The Morgan fingerprint density at radius 2 is 1.68 bits per heavy atom. The smallest absolute Gasteiger partial charge is 0.325 e. The van der Waals surface area contributed by atoms with Gasteiger partial charge in [0.2, 0.25) is 11.8 Å². The summed E-state index contributed by atoms with van der Waals surface area (Å²) in [7, 11) is 0. The lowest BCUT2D eigenvalue weighted by atomic mass is 10.0. The average molecular weight is 390 g/mol. The normalized spacial score (nSPS) is 17.3. The second-order valence-electron chi connectivity index (χ2n) is 7.14. The van der Waals surface area contributed by atoms with E-state index in [2.05, 4.69) is 19.2 Å². The molecule has 148 valence electrons. The predicted octanol–water partition coefficient (Wildman–Crippen LogP) is 4.82. The van der Waals surface area contributed by atoms with Crippen molar-refractivity contribution in [3.8, 4) is 0 Å². The molecule has 0 radical (unpaired) electrons. The highest BCUT2D eigenvalue weighted by atomic mass is 19.4. The van der Waals surface area contributed by atoms with Crippen molar-refractivity contribution in [3.05, 3.63) is 59.7 Å². The summed E-state index contributed by atoms with van der Waals surface area (Å²) in [5.74, 6) is -1.29. The predicted molar refractivity (Wildman–Crippen MR) is 101 cm³/mol. The third kappa shape index (κ3) is 4.18. The van der Waals surface area contributed by atoms with Crippen molar-refractivity contribution < 1.29 is 22.8 Å². The van der Waals surface area contributed by atoms with Gasteiger partial charge < -0.3 is 10.2 Å². The molecule has 0 unspecified atom stereocenters. The molecular formula is C21H21F3N2O2. The van der Waals surface area contributed by atoms with Crippen molar-refractivity contribution in [2.75, 3.05) is 16.8 Å². The third-order valence-corrected chi connectivity index (χ3v) is 4.87. The van der Waals surface area contributed by atoms with Crippen molar-refractivity contribution in [1.82, 2.24) is 0 Å². The van der Waals surface area contributed by atoms with Crippen molar-refractivity contribution in [1.29, 1.82) is 0 Å². The molecule has 2 aromatic rings. The van der Waals surface area contributed by atoms with E-state index >= 15 is 0 Å². The number of amides is 2. The fourth-order valence-electron chi connectivity index (χ4n) is 3.19. The number of rotatable bonds is 4. The van der Waals surface area contributed by atoms with E-state index in [9.17, 15) is 22.8 Å². The Morgan fingerprint density at radius 1 is 1.07 bits per heavy atom. The molecule has 0 aromatic heterocycles. The molecule has 1 fully saturated rings. The molecule has 3 rings (SSSR count). The first-order valence-corrected chi connectivity index (χ1v) is 9.06. The van der Waals surface area contributed by atoms with E-state index in [0.717, 1.165) is 23.4 Å². The van der Waals surface area contributed by atoms with Crippen LogP contribution in [-0.4, -0.2) is 18.4 Å². The van der Waals surface area contributed by atoms with Crippen LogP contribution in [0.3, 0.4) is 0 Å². The molecule has 2 aromatic carbocycles. The molecule has 1 atom stereocenters. The number of nitrogens with zero attached hydrogens (tertiary/aromatic N) is 1. The van der Waals surface area contributed by atoms with Crippen molar-refractivity contribution >= 4 is 23.2 Å². The maximum Gasteiger partial charge on any atom is 0.416 e. The zero-order valence-electron chi connectivity index (χ0n) is 15.6. The maximum atomic E-state index is 12.7. The number of hydrogen-bond donors (Lipinski definition) is 1. The molecule has 0 spiro atoms. The van der Waals surface area contributed by atoms with Gasteiger partial charge in [-0.2, -0.15) is 13.2 Å². The Labute approximate surface area is 161 Å². The molecule has 7 heteroatoms. The summed E-state index contributed by atoms with van der Waals surface area (Å²) >= 11 is 0. The van der Waals surface area contributed by atoms with Crippen LogP contribution in [0, 0.1) is 5.92 Å². The van der Waals surface area contributed by atoms with E-state index in [-0.39, 0.29) is 11.6 Å². The molecule has 2 amide bonds. The van der Waals surface area contributed by atoms with Crippen LogP contribution in [0.15, 0.2) is 48.5 Å². The Bertz CT molecular complexity index is 859. The van der Waals surface area contributed by atoms with Gasteiger partial charge in [-0.25, -0.2) is 0 Å². The van der Waals surface area contributed by atoms with Crippen molar-refractivity contribution in [2.45, 2.75) is 32.4 Å². The molecule has 28 heavy (non-hydrogen) atoms. The highest BCUT2D eigenvalue weighted by molar-refractivity contribution is 6.13. The SMILES string of the molecule is CC(C)c1ccc(N2CC[C@@H](C(=O)Nc3ccc(C(F)(F)F)cc3)C2=O)cc1. The average Bonchev–Trinajstić information content (AvgIpc) is 3.03. The number of carbonyl (C=O) groups excluding carboxylic acids is 2. The lowest BCUT2D eigenvalue weighted by Gasteiger charge is -2.18. The van der Waals surface area contributed by atoms with Crippen molar-refractivity contribution in [2.24, 2.45) is 5.92 Å². The first-order valence-electron chi connectivity index (χ1n) is 9.06. The third-order valence-electron chi connectivity index (χ3n) is 4.87. The van der Waals surface area contributed by atoms with Gasteiger partial charge in [0, 0.05) is 17.9 Å². The summed E-state index contributed by atoms with van der Waals surface area (Å²) in [5, 5.41) is 2.54. The zero-order chi connectivity index (χ0) is 20.5. The Kier molecular flexibility index (Phi) is 5.45. The number of halogens is 3. The largest absolute Gasteiger partial charge is 0.416 e. The Morgan fingerprint density at radius 3 is 2.21 bits per heavy atom. The van der Waals surface area contributed by atoms with Gasteiger partial charge in [0.15, 0.2) is 0 Å². The van der Waals surface area contributed by atoms with Crippen LogP contribution in [0.1, 0.15) is 37.3 Å². The fraction of sp³-hybridized carbons (Fsp3) is 0.333. The van der Waals surface area contributed by atoms with E-state index in [1.165, 1.54) is 12.1 Å². The lowest BCUT2D eigenvalue weighted by molar-refractivity contribution is -0.137. The van der Waals surface area contributed by atoms with Gasteiger partial charge in [0.1, 0.15) is 5.92 Å². The fourth-order valence-corrected chi connectivity index (χ4v) is 3.19. The Balaban J connectivity index is 1.66. The van der Waals surface area contributed by atoms with Gasteiger partial charge in [0.05, 0.1) is 5.56 Å². The van der Waals surface area contributed by atoms with Crippen LogP contribution in [0.4, 0.5) is 24.5 Å². The zero-order valence-corrected chi connectivity index (χ0v) is 15.6. The van der Waals surface area contributed by atoms with Gasteiger partial charge in [-0.3, -0.25) is 9.59 Å². The number of carbonyl (C=O) groups is 2. The molecule has 1 N–H and O–H groups in total. The molecule has 1 saturated heterocycles. The van der Waals surface area contributed by atoms with E-state index in [1.807, 2.05) is 24.3 Å². The van der Waals surface area contributed by atoms with Gasteiger partial charge in [-0.15, -0.1) is 0 Å². The molecule has 4 nitrogen and oxygen atoms in total. The summed E-state index contributed by atoms with van der Waals surface area (Å²) in [5.41, 5.74) is 1.33. The van der Waals surface area contributed by atoms with Crippen molar-refractivity contribution in [3.63, 3.8) is 0 Å². The minimum Gasteiger partial charge on any atom is -0.325 e. The van der Waals surface area contributed by atoms with E-state index in [4.69, 9.17) is 0 Å². The first-order chi connectivity index (χ1) is 13.2. The maximum absolute atomic E-state index is 12.7. The first kappa shape index (κ1) is 19.9. The molecule has 0 aliphatic carbocycles. The van der Waals surface area contributed by atoms with Gasteiger partial charge in [-0.05, 0) is 54.3 Å². The molecule has 1 heterocycles. The lowest BCUT2D eigenvalue weighted by Crippen LogP contribution is -2.33. The van der Waals surface area contributed by atoms with Crippen LogP contribution in [-0.2, 0) is 15.8 Å². The summed E-state index contributed by atoms with van der Waals surface area (Å²) in [6.45, 7) is 4.58. The van der Waals surface area contributed by atoms with Crippen LogP contribution in [0.2, 0.25) is 0 Å². The second-order valence-corrected chi connectivity index (χ2v) is 7.14. The topological polar surface area (TPSA) is 49.4 Å². The quantitative estimate of drug-likeness (QED) is 0.761. The number of anilines is 2. The number of hydrogen-bond acceptors (Lipinski definition) is 2. The molecule has 0 bridgehead atoms. The highest BCUT2D eigenvalue weighted by Gasteiger charge is 2.37. The van der Waals surface area contributed by atoms with Gasteiger partial charge in [0.25, 0.3) is 0 Å². The molecule has 0 saturated carbocycles. The minimum absolute atomic E-state index is 0.227. The number of alkyl halides is 3. The van der Waals surface area contributed by atoms with Gasteiger partial charge in [-0.1, -0.05) is 26.0 Å². The van der Waals surface area contributed by atoms with Crippen LogP contribution in [0.5, 0.6) is 0 Å².